The topological polar surface area (TPSA) is 132 Å². The van der Waals surface area contributed by atoms with Crippen molar-refractivity contribution < 1.29 is 18.7 Å². The van der Waals surface area contributed by atoms with Crippen molar-refractivity contribution in [1.29, 1.82) is 0 Å². The van der Waals surface area contributed by atoms with Crippen LogP contribution in [0.5, 0.6) is 0 Å². The molecular weight excluding hydrogens is 581 g/mol. The van der Waals surface area contributed by atoms with E-state index in [1.165, 1.54) is 21.7 Å². The normalized spacial score (nSPS) is 14.4. The Morgan fingerprint density at radius 2 is 1.84 bits per heavy atom. The summed E-state index contributed by atoms with van der Waals surface area (Å²) in [5, 5.41) is 0. The third-order valence-electron chi connectivity index (χ3n) is 8.06. The number of fused-ring (bicyclic) bond motifs is 1. The Labute approximate surface area is 260 Å². The van der Waals surface area contributed by atoms with Gasteiger partial charge in [0.05, 0.1) is 16.8 Å². The lowest BCUT2D eigenvalue weighted by atomic mass is 10.1. The van der Waals surface area contributed by atoms with Gasteiger partial charge in [0.2, 0.25) is 11.9 Å². The molecule has 1 saturated heterocycles. The molecule has 3 aromatic heterocycles. The highest BCUT2D eigenvalue weighted by atomic mass is 19.1. The van der Waals surface area contributed by atoms with Gasteiger partial charge >= 0.3 is 5.69 Å². The number of pyridine rings is 2. The fourth-order valence-corrected chi connectivity index (χ4v) is 5.73. The highest BCUT2D eigenvalue weighted by Gasteiger charge is 2.27. The molecule has 238 valence electrons. The third kappa shape index (κ3) is 7.08. The summed E-state index contributed by atoms with van der Waals surface area (Å²) < 4.78 is 21.5. The van der Waals surface area contributed by atoms with Crippen molar-refractivity contribution >= 4 is 29.2 Å². The molecule has 13 heteroatoms. The number of piperidine rings is 1. The van der Waals surface area contributed by atoms with E-state index >= 15 is 0 Å². The van der Waals surface area contributed by atoms with Gasteiger partial charge < -0.3 is 9.64 Å². The van der Waals surface area contributed by atoms with E-state index in [0.29, 0.717) is 86.9 Å². The van der Waals surface area contributed by atoms with Crippen molar-refractivity contribution in [3.63, 3.8) is 0 Å². The maximum absolute atomic E-state index is 13.5. The van der Waals surface area contributed by atoms with Gasteiger partial charge in [0.1, 0.15) is 11.6 Å². The molecule has 5 rings (SSSR count). The van der Waals surface area contributed by atoms with Gasteiger partial charge in [0.15, 0.2) is 0 Å². The molecule has 0 unspecified atom stereocenters. The molecular formula is C32H38FN7O5. The minimum Gasteiger partial charge on any atom is -0.385 e. The fourth-order valence-electron chi connectivity index (χ4n) is 5.73. The number of ether oxygens (including phenoxy) is 1. The van der Waals surface area contributed by atoms with Crippen molar-refractivity contribution in [2.45, 2.75) is 65.0 Å². The van der Waals surface area contributed by atoms with Crippen LogP contribution in [0, 0.1) is 5.95 Å². The number of anilines is 1. The van der Waals surface area contributed by atoms with Gasteiger partial charge in [-0.15, -0.1) is 0 Å². The zero-order valence-electron chi connectivity index (χ0n) is 25.7. The molecule has 0 spiro atoms. The van der Waals surface area contributed by atoms with E-state index in [4.69, 9.17) is 9.73 Å². The predicted molar refractivity (Wildman–Crippen MR) is 167 cm³/mol. The second-order valence-corrected chi connectivity index (χ2v) is 11.2. The summed E-state index contributed by atoms with van der Waals surface area (Å²) in [4.78, 5) is 68.6. The number of rotatable bonds is 13. The highest BCUT2D eigenvalue weighted by Crippen LogP contribution is 2.26. The number of likely N-dealkylation sites (tertiary alicyclic amines) is 1. The largest absolute Gasteiger partial charge is 0.385 e. The number of halogens is 1. The number of carbonyl (C=O) groups excluding carboxylic acids is 2. The molecule has 5 heterocycles. The summed E-state index contributed by atoms with van der Waals surface area (Å²) in [6.07, 6.45) is 7.18. The van der Waals surface area contributed by atoms with E-state index in [1.54, 1.807) is 30.0 Å². The number of hydrogen-bond donors (Lipinski definition) is 0. The maximum Gasteiger partial charge on any atom is 0.332 e. The van der Waals surface area contributed by atoms with Crippen molar-refractivity contribution in [3.8, 4) is 0 Å². The highest BCUT2D eigenvalue weighted by molar-refractivity contribution is 6.07. The van der Waals surface area contributed by atoms with Crippen LogP contribution in [-0.2, 0) is 29.0 Å². The molecule has 0 N–H and O–H groups in total. The predicted octanol–water partition coefficient (Wildman–Crippen LogP) is 3.11. The van der Waals surface area contributed by atoms with Gasteiger partial charge in [-0.05, 0) is 56.4 Å². The van der Waals surface area contributed by atoms with Crippen LogP contribution < -0.4 is 16.1 Å². The Kier molecular flexibility index (Phi) is 10.3. The zero-order valence-corrected chi connectivity index (χ0v) is 25.7. The van der Waals surface area contributed by atoms with Crippen LogP contribution in [0.15, 0.2) is 51.2 Å². The van der Waals surface area contributed by atoms with Crippen molar-refractivity contribution in [3.05, 3.63) is 80.1 Å². The standard InChI is InChI=1S/C32H38FN7O5/c1-3-13-40-31(43)24-19-25(36-29(24)39(32(40)44)17-7-18-45-2)22-10-12-27(35-20-22)38(30(42)23-9-11-26(33)34-21-23)16-6-15-37-14-5-4-8-28(37)41/h9-12,20-21H,3-8,13-19H2,1-2H3. The number of carbonyl (C=O) groups is 2. The summed E-state index contributed by atoms with van der Waals surface area (Å²) in [7, 11) is 1.60. The molecule has 2 amide bonds. The van der Waals surface area contributed by atoms with Gasteiger partial charge in [0, 0.05) is 77.2 Å². The van der Waals surface area contributed by atoms with Crippen LogP contribution in [-0.4, -0.2) is 74.9 Å². The average molecular weight is 620 g/mol. The molecule has 0 aliphatic carbocycles. The first kappa shape index (κ1) is 31.9. The Hall–Kier alpha value is -4.52. The van der Waals surface area contributed by atoms with E-state index in [1.807, 2.05) is 11.8 Å². The molecule has 0 atom stereocenters. The van der Waals surface area contributed by atoms with E-state index < -0.39 is 11.9 Å². The van der Waals surface area contributed by atoms with Crippen LogP contribution in [0.4, 0.5) is 16.0 Å². The first-order chi connectivity index (χ1) is 21.8. The second kappa shape index (κ2) is 14.5. The van der Waals surface area contributed by atoms with Crippen molar-refractivity contribution in [1.82, 2.24) is 24.0 Å². The molecule has 0 bridgehead atoms. The molecule has 2 aliphatic rings. The van der Waals surface area contributed by atoms with Crippen molar-refractivity contribution in [2.75, 3.05) is 38.3 Å². The van der Waals surface area contributed by atoms with E-state index in [9.17, 15) is 23.6 Å². The first-order valence-corrected chi connectivity index (χ1v) is 15.4. The lowest BCUT2D eigenvalue weighted by molar-refractivity contribution is -0.133. The van der Waals surface area contributed by atoms with Gasteiger partial charge in [-0.2, -0.15) is 4.39 Å². The Bertz CT molecular complexity index is 1680. The molecule has 3 aromatic rings. The Morgan fingerprint density at radius 1 is 1.00 bits per heavy atom. The Morgan fingerprint density at radius 3 is 2.53 bits per heavy atom. The smallest absolute Gasteiger partial charge is 0.332 e. The van der Waals surface area contributed by atoms with E-state index in [2.05, 4.69) is 9.97 Å². The van der Waals surface area contributed by atoms with Gasteiger partial charge in [-0.3, -0.25) is 28.4 Å². The number of nitrogens with zero attached hydrogens (tertiary/aromatic N) is 7. The molecule has 0 aromatic carbocycles. The third-order valence-corrected chi connectivity index (χ3v) is 8.06. The SMILES string of the molecule is CCCn1c(=O)c2c(n(CCCOC)c1=O)N=C(c1ccc(N(CCCN3CCCCC3=O)C(=O)c3ccc(F)nc3)nc1)C2. The van der Waals surface area contributed by atoms with Crippen LogP contribution in [0.2, 0.25) is 0 Å². The first-order valence-electron chi connectivity index (χ1n) is 15.4. The van der Waals surface area contributed by atoms with Gasteiger partial charge in [-0.1, -0.05) is 6.92 Å². The van der Waals surface area contributed by atoms with Gasteiger partial charge in [-0.25, -0.2) is 19.8 Å². The summed E-state index contributed by atoms with van der Waals surface area (Å²) >= 11 is 0. The van der Waals surface area contributed by atoms with E-state index in [0.717, 1.165) is 18.9 Å². The van der Waals surface area contributed by atoms with Crippen LogP contribution >= 0.6 is 0 Å². The molecule has 1 fully saturated rings. The minimum atomic E-state index is -0.687. The van der Waals surface area contributed by atoms with Crippen LogP contribution in [0.1, 0.15) is 66.9 Å². The van der Waals surface area contributed by atoms with Crippen LogP contribution in [0.25, 0.3) is 0 Å². The minimum absolute atomic E-state index is 0.119. The van der Waals surface area contributed by atoms with Crippen LogP contribution in [0.3, 0.4) is 0 Å². The van der Waals surface area contributed by atoms with Crippen molar-refractivity contribution in [2.24, 2.45) is 4.99 Å². The number of aliphatic imine (C=N–C) groups is 1. The molecule has 0 saturated carbocycles. The number of amides is 2. The molecule has 45 heavy (non-hydrogen) atoms. The summed E-state index contributed by atoms with van der Waals surface area (Å²) in [5.41, 5.74) is 1.21. The summed E-state index contributed by atoms with van der Waals surface area (Å²) in [6, 6.07) is 5.99. The Balaban J connectivity index is 1.40. The maximum atomic E-state index is 13.5. The number of hydrogen-bond acceptors (Lipinski definition) is 8. The summed E-state index contributed by atoms with van der Waals surface area (Å²) in [6.45, 7) is 4.56. The van der Waals surface area contributed by atoms with E-state index in [-0.39, 0.29) is 35.7 Å². The summed E-state index contributed by atoms with van der Waals surface area (Å²) in [5.74, 6) is -0.229. The average Bonchev–Trinajstić information content (AvgIpc) is 3.50. The molecule has 12 nitrogen and oxygen atoms in total. The molecule has 0 radical (unpaired) electrons. The van der Waals surface area contributed by atoms with Gasteiger partial charge in [0.25, 0.3) is 11.5 Å². The monoisotopic (exact) mass is 619 g/mol. The molecule has 2 aliphatic heterocycles. The number of aromatic nitrogens is 4. The lowest BCUT2D eigenvalue weighted by Gasteiger charge is -2.28. The lowest BCUT2D eigenvalue weighted by Crippen LogP contribution is -2.41. The number of methoxy groups -OCH3 is 1. The quantitative estimate of drug-likeness (QED) is 0.212. The zero-order chi connectivity index (χ0) is 31.9. The fraction of sp³-hybridized carbons (Fsp3) is 0.469. The second-order valence-electron chi connectivity index (χ2n) is 11.2.